The van der Waals surface area contributed by atoms with E-state index in [2.05, 4.69) is 10.6 Å². The van der Waals surface area contributed by atoms with Crippen molar-refractivity contribution in [2.24, 2.45) is 5.92 Å². The number of hydrogen-bond donors (Lipinski definition) is 2. The Labute approximate surface area is 129 Å². The van der Waals surface area contributed by atoms with Crippen LogP contribution < -0.4 is 15.5 Å². The SMILES string of the molecule is CCNCCNC(=O)C1CCN(c2cccc(Cl)c2)C1=O. The van der Waals surface area contributed by atoms with Gasteiger partial charge in [-0.05, 0) is 31.2 Å². The van der Waals surface area contributed by atoms with Gasteiger partial charge in [-0.2, -0.15) is 0 Å². The van der Waals surface area contributed by atoms with E-state index in [4.69, 9.17) is 11.6 Å². The predicted molar refractivity (Wildman–Crippen MR) is 83.5 cm³/mol. The summed E-state index contributed by atoms with van der Waals surface area (Å²) in [5, 5.41) is 6.50. The van der Waals surface area contributed by atoms with Crippen LogP contribution in [-0.2, 0) is 9.59 Å². The molecule has 0 saturated carbocycles. The topological polar surface area (TPSA) is 61.4 Å². The first-order valence-corrected chi connectivity index (χ1v) is 7.56. The maximum absolute atomic E-state index is 12.4. The molecule has 2 N–H and O–H groups in total. The Bertz CT molecular complexity index is 521. The van der Waals surface area contributed by atoms with Crippen molar-refractivity contribution in [2.45, 2.75) is 13.3 Å². The number of likely N-dealkylation sites (N-methyl/N-ethyl adjacent to an activating group) is 1. The summed E-state index contributed by atoms with van der Waals surface area (Å²) in [7, 11) is 0. The van der Waals surface area contributed by atoms with E-state index in [1.807, 2.05) is 13.0 Å². The molecule has 1 fully saturated rings. The third kappa shape index (κ3) is 3.95. The number of carbonyl (C=O) groups excluding carboxylic acids is 2. The Balaban J connectivity index is 1.93. The van der Waals surface area contributed by atoms with E-state index in [1.165, 1.54) is 0 Å². The molecule has 1 heterocycles. The van der Waals surface area contributed by atoms with Crippen LogP contribution >= 0.6 is 11.6 Å². The van der Waals surface area contributed by atoms with E-state index in [9.17, 15) is 9.59 Å². The summed E-state index contributed by atoms with van der Waals surface area (Å²) in [6.45, 7) is 4.66. The number of hydrogen-bond acceptors (Lipinski definition) is 3. The second-order valence-corrected chi connectivity index (χ2v) is 5.39. The van der Waals surface area contributed by atoms with Crippen LogP contribution in [0, 0.1) is 5.92 Å². The van der Waals surface area contributed by atoms with Gasteiger partial charge in [0.25, 0.3) is 0 Å². The van der Waals surface area contributed by atoms with Gasteiger partial charge in [-0.25, -0.2) is 0 Å². The van der Waals surface area contributed by atoms with E-state index < -0.39 is 5.92 Å². The normalized spacial score (nSPS) is 18.1. The number of nitrogens with zero attached hydrogens (tertiary/aromatic N) is 1. The minimum Gasteiger partial charge on any atom is -0.354 e. The molecule has 6 heteroatoms. The Kier molecular flexibility index (Phi) is 5.59. The van der Waals surface area contributed by atoms with Crippen molar-refractivity contribution in [1.29, 1.82) is 0 Å². The molecule has 0 bridgehead atoms. The van der Waals surface area contributed by atoms with Gasteiger partial charge in [0.1, 0.15) is 5.92 Å². The van der Waals surface area contributed by atoms with Crippen LogP contribution in [0.25, 0.3) is 0 Å². The lowest BCUT2D eigenvalue weighted by Crippen LogP contribution is -2.39. The van der Waals surface area contributed by atoms with Crippen molar-refractivity contribution < 1.29 is 9.59 Å². The highest BCUT2D eigenvalue weighted by atomic mass is 35.5. The monoisotopic (exact) mass is 309 g/mol. The first-order valence-electron chi connectivity index (χ1n) is 7.19. The average molecular weight is 310 g/mol. The Morgan fingerprint density at radius 2 is 2.24 bits per heavy atom. The zero-order valence-corrected chi connectivity index (χ0v) is 12.8. The molecule has 21 heavy (non-hydrogen) atoms. The van der Waals surface area contributed by atoms with Gasteiger partial charge in [-0.1, -0.05) is 24.6 Å². The molecule has 2 rings (SSSR count). The minimum atomic E-state index is -0.592. The number of anilines is 1. The van der Waals surface area contributed by atoms with E-state index in [-0.39, 0.29) is 11.8 Å². The van der Waals surface area contributed by atoms with Gasteiger partial charge >= 0.3 is 0 Å². The molecule has 0 aliphatic carbocycles. The summed E-state index contributed by atoms with van der Waals surface area (Å²) in [4.78, 5) is 26.0. The maximum atomic E-state index is 12.4. The van der Waals surface area contributed by atoms with Crippen LogP contribution in [0.5, 0.6) is 0 Å². The molecule has 0 aromatic heterocycles. The zero-order chi connectivity index (χ0) is 15.2. The van der Waals surface area contributed by atoms with Crippen LogP contribution in [0.2, 0.25) is 5.02 Å². The molecule has 2 amide bonds. The Morgan fingerprint density at radius 1 is 1.43 bits per heavy atom. The van der Waals surface area contributed by atoms with Gasteiger partial charge in [0.2, 0.25) is 11.8 Å². The van der Waals surface area contributed by atoms with Crippen molar-refractivity contribution in [1.82, 2.24) is 10.6 Å². The van der Waals surface area contributed by atoms with Crippen molar-refractivity contribution in [3.8, 4) is 0 Å². The fourth-order valence-corrected chi connectivity index (χ4v) is 2.58. The van der Waals surface area contributed by atoms with Crippen molar-refractivity contribution in [3.05, 3.63) is 29.3 Å². The van der Waals surface area contributed by atoms with Gasteiger partial charge in [-0.3, -0.25) is 9.59 Å². The number of halogens is 1. The molecule has 5 nitrogen and oxygen atoms in total. The molecule has 1 atom stereocenters. The number of rotatable bonds is 6. The van der Waals surface area contributed by atoms with Crippen molar-refractivity contribution in [3.63, 3.8) is 0 Å². The number of benzene rings is 1. The summed E-state index contributed by atoms with van der Waals surface area (Å²) in [6.07, 6.45) is 0.540. The summed E-state index contributed by atoms with van der Waals surface area (Å²) in [6, 6.07) is 7.13. The first-order chi connectivity index (χ1) is 10.1. The Hall–Kier alpha value is -1.59. The number of nitrogens with one attached hydrogen (secondary N) is 2. The molecule has 1 aromatic carbocycles. The largest absolute Gasteiger partial charge is 0.354 e. The molecule has 1 aliphatic rings. The van der Waals surface area contributed by atoms with Gasteiger partial charge in [0, 0.05) is 30.3 Å². The third-order valence-corrected chi connectivity index (χ3v) is 3.73. The number of amides is 2. The Morgan fingerprint density at radius 3 is 2.95 bits per heavy atom. The van der Waals surface area contributed by atoms with E-state index in [0.717, 1.165) is 12.2 Å². The van der Waals surface area contributed by atoms with Gasteiger partial charge in [-0.15, -0.1) is 0 Å². The quantitative estimate of drug-likeness (QED) is 0.617. The first kappa shape index (κ1) is 15.8. The molecule has 0 radical (unpaired) electrons. The second kappa shape index (κ2) is 7.43. The predicted octanol–water partition coefficient (Wildman–Crippen LogP) is 1.42. The number of carbonyl (C=O) groups is 2. The van der Waals surface area contributed by atoms with Crippen molar-refractivity contribution in [2.75, 3.05) is 31.1 Å². The smallest absolute Gasteiger partial charge is 0.239 e. The molecule has 1 saturated heterocycles. The summed E-state index contributed by atoms with van der Waals surface area (Å²) >= 11 is 5.94. The van der Waals surface area contributed by atoms with Crippen LogP contribution in [-0.4, -0.2) is 38.0 Å². The minimum absolute atomic E-state index is 0.154. The lowest BCUT2D eigenvalue weighted by Gasteiger charge is -2.17. The summed E-state index contributed by atoms with van der Waals surface area (Å²) in [5.74, 6) is -0.939. The van der Waals surface area contributed by atoms with Crippen LogP contribution in [0.15, 0.2) is 24.3 Å². The third-order valence-electron chi connectivity index (χ3n) is 3.49. The van der Waals surface area contributed by atoms with E-state index in [1.54, 1.807) is 23.1 Å². The lowest BCUT2D eigenvalue weighted by atomic mass is 10.1. The molecular weight excluding hydrogens is 290 g/mol. The molecule has 1 unspecified atom stereocenters. The zero-order valence-electron chi connectivity index (χ0n) is 12.1. The van der Waals surface area contributed by atoms with Crippen molar-refractivity contribution >= 4 is 29.1 Å². The van der Waals surface area contributed by atoms with Crippen LogP contribution in [0.4, 0.5) is 5.69 Å². The van der Waals surface area contributed by atoms with Gasteiger partial charge < -0.3 is 15.5 Å². The molecular formula is C15H20ClN3O2. The molecule has 1 aromatic rings. The molecule has 1 aliphatic heterocycles. The standard InChI is InChI=1S/C15H20ClN3O2/c1-2-17-7-8-18-14(20)13-6-9-19(15(13)21)12-5-3-4-11(16)10-12/h3-5,10,13,17H,2,6-9H2,1H3,(H,18,20). The summed E-state index contributed by atoms with van der Waals surface area (Å²) in [5.41, 5.74) is 0.746. The highest BCUT2D eigenvalue weighted by Crippen LogP contribution is 2.27. The highest BCUT2D eigenvalue weighted by Gasteiger charge is 2.37. The fraction of sp³-hybridized carbons (Fsp3) is 0.467. The maximum Gasteiger partial charge on any atom is 0.239 e. The fourth-order valence-electron chi connectivity index (χ4n) is 2.40. The van der Waals surface area contributed by atoms with Crippen LogP contribution in [0.3, 0.4) is 0 Å². The second-order valence-electron chi connectivity index (χ2n) is 4.96. The van der Waals surface area contributed by atoms with Gasteiger partial charge in [0.05, 0.1) is 0 Å². The molecule has 114 valence electrons. The average Bonchev–Trinajstić information content (AvgIpc) is 2.85. The van der Waals surface area contributed by atoms with E-state index >= 15 is 0 Å². The lowest BCUT2D eigenvalue weighted by molar-refractivity contribution is -0.132. The van der Waals surface area contributed by atoms with Gasteiger partial charge in [0.15, 0.2) is 0 Å². The van der Waals surface area contributed by atoms with Crippen LogP contribution in [0.1, 0.15) is 13.3 Å². The van der Waals surface area contributed by atoms with E-state index in [0.29, 0.717) is 31.1 Å². The molecule has 0 spiro atoms. The summed E-state index contributed by atoms with van der Waals surface area (Å²) < 4.78 is 0. The highest BCUT2D eigenvalue weighted by molar-refractivity contribution is 6.31.